The van der Waals surface area contributed by atoms with Gasteiger partial charge in [-0.05, 0) is 31.2 Å². The first-order valence-corrected chi connectivity index (χ1v) is 8.20. The third-order valence-corrected chi connectivity index (χ3v) is 4.09. The van der Waals surface area contributed by atoms with E-state index in [0.29, 0.717) is 17.5 Å². The number of hydrogen-bond acceptors (Lipinski definition) is 6. The molecule has 4 aromatic rings. The van der Waals surface area contributed by atoms with Gasteiger partial charge in [-0.3, -0.25) is 9.78 Å². The van der Waals surface area contributed by atoms with Gasteiger partial charge in [0.05, 0.1) is 12.5 Å². The molecule has 0 bridgehead atoms. The molecule has 0 radical (unpaired) electrons. The summed E-state index contributed by atoms with van der Waals surface area (Å²) in [4.78, 5) is 20.6. The number of rotatable bonds is 5. The minimum atomic E-state index is -0.426. The number of amides is 1. The van der Waals surface area contributed by atoms with Gasteiger partial charge in [0.15, 0.2) is 0 Å². The first-order chi connectivity index (χ1) is 12.7. The van der Waals surface area contributed by atoms with Crippen molar-refractivity contribution >= 4 is 16.9 Å². The molecule has 0 aliphatic heterocycles. The number of carbonyl (C=O) groups is 1. The number of aromatic nitrogens is 3. The Morgan fingerprint density at radius 3 is 2.81 bits per heavy atom. The van der Waals surface area contributed by atoms with E-state index in [0.717, 1.165) is 16.5 Å². The summed E-state index contributed by atoms with van der Waals surface area (Å²) in [5, 5.41) is 7.68. The largest absolute Gasteiger partial charge is 0.460 e. The molecule has 130 valence electrons. The van der Waals surface area contributed by atoms with Gasteiger partial charge >= 0.3 is 0 Å². The van der Waals surface area contributed by atoms with Crippen LogP contribution in [0.1, 0.15) is 24.5 Å². The zero-order chi connectivity index (χ0) is 17.9. The quantitative estimate of drug-likeness (QED) is 0.595. The SMILES string of the molecule is CC(C(=O)NCc1nc(-c2ccncc2)no1)c1cc2ccccc2o1. The zero-order valence-electron chi connectivity index (χ0n) is 14.0. The van der Waals surface area contributed by atoms with Crippen molar-refractivity contribution in [2.24, 2.45) is 0 Å². The average Bonchev–Trinajstić information content (AvgIpc) is 3.33. The number of pyridine rings is 1. The van der Waals surface area contributed by atoms with Crippen LogP contribution >= 0.6 is 0 Å². The van der Waals surface area contributed by atoms with E-state index in [-0.39, 0.29) is 12.5 Å². The number of nitrogens with zero attached hydrogens (tertiary/aromatic N) is 3. The fourth-order valence-electron chi connectivity index (χ4n) is 2.61. The summed E-state index contributed by atoms with van der Waals surface area (Å²) in [6, 6.07) is 13.1. The number of nitrogens with one attached hydrogen (secondary N) is 1. The second-order valence-electron chi connectivity index (χ2n) is 5.87. The number of hydrogen-bond donors (Lipinski definition) is 1. The molecule has 0 fully saturated rings. The molecule has 26 heavy (non-hydrogen) atoms. The van der Waals surface area contributed by atoms with E-state index in [9.17, 15) is 4.79 Å². The van der Waals surface area contributed by atoms with Gasteiger partial charge in [-0.1, -0.05) is 23.4 Å². The molecule has 0 saturated carbocycles. The number of carbonyl (C=O) groups excluding carboxylic acids is 1. The van der Waals surface area contributed by atoms with E-state index in [1.165, 1.54) is 0 Å². The highest BCUT2D eigenvalue weighted by Crippen LogP contribution is 2.25. The fraction of sp³-hybridized carbons (Fsp3) is 0.158. The lowest BCUT2D eigenvalue weighted by Gasteiger charge is -2.07. The van der Waals surface area contributed by atoms with Crippen LogP contribution in [0.5, 0.6) is 0 Å². The molecular formula is C19H16N4O3. The van der Waals surface area contributed by atoms with Gasteiger partial charge in [0.1, 0.15) is 11.3 Å². The monoisotopic (exact) mass is 348 g/mol. The molecule has 0 spiro atoms. The van der Waals surface area contributed by atoms with Crippen molar-refractivity contribution in [1.29, 1.82) is 0 Å². The number of furan rings is 1. The van der Waals surface area contributed by atoms with E-state index in [1.54, 1.807) is 31.5 Å². The lowest BCUT2D eigenvalue weighted by atomic mass is 10.1. The molecule has 7 nitrogen and oxygen atoms in total. The predicted octanol–water partition coefficient (Wildman–Crippen LogP) is 3.30. The third kappa shape index (κ3) is 3.19. The van der Waals surface area contributed by atoms with Gasteiger partial charge in [0.25, 0.3) is 0 Å². The Morgan fingerprint density at radius 2 is 2.00 bits per heavy atom. The van der Waals surface area contributed by atoms with Crippen LogP contribution in [-0.2, 0) is 11.3 Å². The normalized spacial score (nSPS) is 12.2. The van der Waals surface area contributed by atoms with Crippen molar-refractivity contribution in [3.63, 3.8) is 0 Å². The molecule has 0 aliphatic rings. The molecular weight excluding hydrogens is 332 g/mol. The van der Waals surface area contributed by atoms with Gasteiger partial charge in [0.2, 0.25) is 17.6 Å². The van der Waals surface area contributed by atoms with Crippen LogP contribution in [0, 0.1) is 0 Å². The molecule has 1 atom stereocenters. The van der Waals surface area contributed by atoms with Crippen LogP contribution in [0.15, 0.2) is 63.8 Å². The summed E-state index contributed by atoms with van der Waals surface area (Å²) in [6.45, 7) is 1.95. The van der Waals surface area contributed by atoms with Crippen molar-refractivity contribution in [2.45, 2.75) is 19.4 Å². The molecule has 1 N–H and O–H groups in total. The van der Waals surface area contributed by atoms with Crippen LogP contribution in [0.2, 0.25) is 0 Å². The van der Waals surface area contributed by atoms with Crippen LogP contribution in [0.25, 0.3) is 22.4 Å². The minimum absolute atomic E-state index is 0.154. The highest BCUT2D eigenvalue weighted by molar-refractivity contribution is 5.85. The lowest BCUT2D eigenvalue weighted by Crippen LogP contribution is -2.27. The van der Waals surface area contributed by atoms with Gasteiger partial charge < -0.3 is 14.3 Å². The van der Waals surface area contributed by atoms with Crippen LogP contribution in [0.4, 0.5) is 0 Å². The maximum absolute atomic E-state index is 12.4. The number of para-hydroxylation sites is 1. The van der Waals surface area contributed by atoms with Crippen molar-refractivity contribution in [2.75, 3.05) is 0 Å². The Kier molecular flexibility index (Phi) is 4.18. The summed E-state index contributed by atoms with van der Waals surface area (Å²) in [5.41, 5.74) is 1.57. The van der Waals surface area contributed by atoms with Crippen LogP contribution < -0.4 is 5.32 Å². The molecule has 1 aromatic carbocycles. The molecule has 7 heteroatoms. The lowest BCUT2D eigenvalue weighted by molar-refractivity contribution is -0.122. The van der Waals surface area contributed by atoms with E-state index >= 15 is 0 Å². The molecule has 1 unspecified atom stereocenters. The first-order valence-electron chi connectivity index (χ1n) is 8.20. The van der Waals surface area contributed by atoms with Crippen LogP contribution in [0.3, 0.4) is 0 Å². The summed E-state index contributed by atoms with van der Waals surface area (Å²) in [5.74, 6) is 0.813. The Morgan fingerprint density at radius 1 is 1.19 bits per heavy atom. The highest BCUT2D eigenvalue weighted by Gasteiger charge is 2.20. The second-order valence-corrected chi connectivity index (χ2v) is 5.87. The Balaban J connectivity index is 1.41. The minimum Gasteiger partial charge on any atom is -0.460 e. The van der Waals surface area contributed by atoms with Crippen molar-refractivity contribution < 1.29 is 13.7 Å². The number of benzene rings is 1. The zero-order valence-corrected chi connectivity index (χ0v) is 14.0. The second kappa shape index (κ2) is 6.79. The van der Waals surface area contributed by atoms with Gasteiger partial charge in [0, 0.05) is 23.3 Å². The number of fused-ring (bicyclic) bond motifs is 1. The summed E-state index contributed by atoms with van der Waals surface area (Å²) < 4.78 is 10.9. The summed E-state index contributed by atoms with van der Waals surface area (Å²) in [6.07, 6.45) is 3.31. The summed E-state index contributed by atoms with van der Waals surface area (Å²) in [7, 11) is 0. The predicted molar refractivity (Wildman–Crippen MR) is 94.0 cm³/mol. The maximum atomic E-state index is 12.4. The topological polar surface area (TPSA) is 94.1 Å². The van der Waals surface area contributed by atoms with Crippen molar-refractivity contribution in [3.8, 4) is 11.4 Å². The molecule has 0 saturated heterocycles. The van der Waals surface area contributed by atoms with Crippen molar-refractivity contribution in [1.82, 2.24) is 20.4 Å². The molecule has 0 aliphatic carbocycles. The smallest absolute Gasteiger partial charge is 0.246 e. The standard InChI is InChI=1S/C19H16N4O3/c1-12(16-10-14-4-2-3-5-15(14)25-16)19(24)21-11-17-22-18(23-26-17)13-6-8-20-9-7-13/h2-10,12H,11H2,1H3,(H,21,24). The maximum Gasteiger partial charge on any atom is 0.246 e. The van der Waals surface area contributed by atoms with E-state index < -0.39 is 5.92 Å². The molecule has 4 rings (SSSR count). The average molecular weight is 348 g/mol. The van der Waals surface area contributed by atoms with E-state index in [2.05, 4.69) is 20.4 Å². The first kappa shape index (κ1) is 16.0. The Labute approximate surface area is 149 Å². The van der Waals surface area contributed by atoms with Gasteiger partial charge in [-0.25, -0.2) is 0 Å². The highest BCUT2D eigenvalue weighted by atomic mass is 16.5. The van der Waals surface area contributed by atoms with E-state index in [4.69, 9.17) is 8.94 Å². The Bertz CT molecular complexity index is 1010. The Hall–Kier alpha value is -3.48. The van der Waals surface area contributed by atoms with Gasteiger partial charge in [-0.15, -0.1) is 0 Å². The molecule has 3 aromatic heterocycles. The molecule has 1 amide bonds. The van der Waals surface area contributed by atoms with Gasteiger partial charge in [-0.2, -0.15) is 4.98 Å². The fourth-order valence-corrected chi connectivity index (χ4v) is 2.61. The summed E-state index contributed by atoms with van der Waals surface area (Å²) >= 11 is 0. The van der Waals surface area contributed by atoms with Crippen LogP contribution in [-0.4, -0.2) is 21.0 Å². The molecule has 3 heterocycles. The van der Waals surface area contributed by atoms with Crippen molar-refractivity contribution in [3.05, 3.63) is 66.5 Å². The van der Waals surface area contributed by atoms with E-state index in [1.807, 2.05) is 30.3 Å². The third-order valence-electron chi connectivity index (χ3n) is 4.09.